The van der Waals surface area contributed by atoms with Crippen molar-refractivity contribution in [3.05, 3.63) is 35.6 Å². The van der Waals surface area contributed by atoms with Crippen molar-refractivity contribution >= 4 is 5.91 Å². The van der Waals surface area contributed by atoms with Crippen LogP contribution in [0.4, 0.5) is 4.39 Å². The van der Waals surface area contributed by atoms with Crippen LogP contribution in [-0.2, 0) is 4.79 Å². The van der Waals surface area contributed by atoms with E-state index in [9.17, 15) is 14.3 Å². The molecule has 1 aromatic rings. The molecule has 0 aromatic heterocycles. The fourth-order valence-electron chi connectivity index (χ4n) is 2.20. The predicted octanol–water partition coefficient (Wildman–Crippen LogP) is 1.46. The first kappa shape index (κ1) is 14.9. The van der Waals surface area contributed by atoms with Crippen molar-refractivity contribution in [3.8, 4) is 0 Å². The highest BCUT2D eigenvalue weighted by atomic mass is 19.1. The molecule has 0 heterocycles. The first-order valence-corrected chi connectivity index (χ1v) is 6.90. The monoisotopic (exact) mass is 280 g/mol. The van der Waals surface area contributed by atoms with Crippen LogP contribution in [0.1, 0.15) is 31.4 Å². The summed E-state index contributed by atoms with van der Waals surface area (Å²) in [7, 11) is 1.93. The van der Waals surface area contributed by atoms with E-state index in [2.05, 4.69) is 5.32 Å². The number of likely N-dealkylation sites (N-methyl/N-ethyl adjacent to an activating group) is 1. The highest BCUT2D eigenvalue weighted by molar-refractivity contribution is 5.78. The number of benzene rings is 1. The largest absolute Gasteiger partial charge is 0.386 e. The van der Waals surface area contributed by atoms with E-state index in [1.54, 1.807) is 6.92 Å². The average Bonchev–Trinajstić information content (AvgIpc) is 3.22. The zero-order valence-electron chi connectivity index (χ0n) is 11.8. The Bertz CT molecular complexity index is 459. The number of hydrogen-bond donors (Lipinski definition) is 2. The number of hydrogen-bond acceptors (Lipinski definition) is 3. The molecule has 2 atom stereocenters. The van der Waals surface area contributed by atoms with Gasteiger partial charge < -0.3 is 10.4 Å². The van der Waals surface area contributed by atoms with E-state index in [1.165, 1.54) is 24.3 Å². The molecule has 0 saturated heterocycles. The van der Waals surface area contributed by atoms with E-state index < -0.39 is 12.1 Å². The second-order valence-electron chi connectivity index (χ2n) is 5.50. The van der Waals surface area contributed by atoms with E-state index >= 15 is 0 Å². The van der Waals surface area contributed by atoms with Crippen molar-refractivity contribution in [3.63, 3.8) is 0 Å². The Labute approximate surface area is 118 Å². The molecule has 20 heavy (non-hydrogen) atoms. The zero-order chi connectivity index (χ0) is 14.7. The Hall–Kier alpha value is -1.46. The minimum Gasteiger partial charge on any atom is -0.386 e. The third-order valence-corrected chi connectivity index (χ3v) is 3.64. The van der Waals surface area contributed by atoms with Gasteiger partial charge in [-0.1, -0.05) is 12.1 Å². The highest BCUT2D eigenvalue weighted by Crippen LogP contribution is 2.24. The molecule has 1 amide bonds. The number of nitrogens with zero attached hydrogens (tertiary/aromatic N) is 1. The molecule has 0 bridgehead atoms. The van der Waals surface area contributed by atoms with Gasteiger partial charge in [0.1, 0.15) is 5.82 Å². The summed E-state index contributed by atoms with van der Waals surface area (Å²) in [6.07, 6.45) is 1.46. The fraction of sp³-hybridized carbons (Fsp3) is 0.533. The van der Waals surface area contributed by atoms with E-state index in [0.717, 1.165) is 12.8 Å². The third-order valence-electron chi connectivity index (χ3n) is 3.64. The summed E-state index contributed by atoms with van der Waals surface area (Å²) in [4.78, 5) is 13.9. The number of amides is 1. The molecule has 4 nitrogen and oxygen atoms in total. The minimum absolute atomic E-state index is 0.104. The number of carbonyl (C=O) groups is 1. The molecule has 1 saturated carbocycles. The average molecular weight is 280 g/mol. The van der Waals surface area contributed by atoms with Gasteiger partial charge in [-0.25, -0.2) is 4.39 Å². The molecule has 2 unspecified atom stereocenters. The Morgan fingerprint density at radius 1 is 1.45 bits per heavy atom. The van der Waals surface area contributed by atoms with Crippen LogP contribution < -0.4 is 5.32 Å². The molecule has 5 heteroatoms. The van der Waals surface area contributed by atoms with Gasteiger partial charge in [0, 0.05) is 6.04 Å². The Morgan fingerprint density at radius 3 is 2.60 bits per heavy atom. The lowest BCUT2D eigenvalue weighted by molar-refractivity contribution is -0.123. The first-order chi connectivity index (χ1) is 9.47. The van der Waals surface area contributed by atoms with Crippen LogP contribution in [0, 0.1) is 5.82 Å². The SMILES string of the molecule is CC(NC(=O)CN(C)C1CC1)C(O)c1ccc(F)cc1. The Morgan fingerprint density at radius 2 is 2.05 bits per heavy atom. The van der Waals surface area contributed by atoms with E-state index in [-0.39, 0.29) is 11.7 Å². The summed E-state index contributed by atoms with van der Waals surface area (Å²) in [5.41, 5.74) is 0.592. The van der Waals surface area contributed by atoms with E-state index in [1.807, 2.05) is 11.9 Å². The van der Waals surface area contributed by atoms with Crippen LogP contribution in [-0.4, -0.2) is 41.6 Å². The summed E-state index contributed by atoms with van der Waals surface area (Å²) < 4.78 is 12.8. The van der Waals surface area contributed by atoms with Gasteiger partial charge in [0.05, 0.1) is 18.7 Å². The maximum atomic E-state index is 12.8. The smallest absolute Gasteiger partial charge is 0.234 e. The van der Waals surface area contributed by atoms with Gasteiger partial charge in [-0.15, -0.1) is 0 Å². The van der Waals surface area contributed by atoms with Crippen molar-refractivity contribution in [2.75, 3.05) is 13.6 Å². The van der Waals surface area contributed by atoms with Crippen LogP contribution in [0.3, 0.4) is 0 Å². The maximum Gasteiger partial charge on any atom is 0.234 e. The maximum absolute atomic E-state index is 12.8. The molecule has 0 aliphatic heterocycles. The number of halogens is 1. The lowest BCUT2D eigenvalue weighted by Crippen LogP contribution is -2.42. The minimum atomic E-state index is -0.842. The summed E-state index contributed by atoms with van der Waals surface area (Å²) in [5, 5.41) is 12.9. The molecule has 2 rings (SSSR count). The van der Waals surface area contributed by atoms with Gasteiger partial charge in [0.2, 0.25) is 5.91 Å². The molecule has 1 aromatic carbocycles. The first-order valence-electron chi connectivity index (χ1n) is 6.90. The van der Waals surface area contributed by atoms with Crippen LogP contribution in [0.2, 0.25) is 0 Å². The molecular weight excluding hydrogens is 259 g/mol. The number of nitrogens with one attached hydrogen (secondary N) is 1. The van der Waals surface area contributed by atoms with Crippen molar-refractivity contribution < 1.29 is 14.3 Å². The number of rotatable bonds is 6. The molecule has 1 aliphatic rings. The fourth-order valence-corrected chi connectivity index (χ4v) is 2.20. The lowest BCUT2D eigenvalue weighted by Gasteiger charge is -2.22. The Balaban J connectivity index is 1.84. The summed E-state index contributed by atoms with van der Waals surface area (Å²) in [6, 6.07) is 5.76. The van der Waals surface area contributed by atoms with Gasteiger partial charge in [0.25, 0.3) is 0 Å². The molecule has 1 aliphatic carbocycles. The highest BCUT2D eigenvalue weighted by Gasteiger charge is 2.28. The second-order valence-corrected chi connectivity index (χ2v) is 5.50. The number of aliphatic hydroxyl groups excluding tert-OH is 1. The van der Waals surface area contributed by atoms with Crippen molar-refractivity contribution in [1.82, 2.24) is 10.2 Å². The van der Waals surface area contributed by atoms with Crippen LogP contribution in [0.5, 0.6) is 0 Å². The van der Waals surface area contributed by atoms with E-state index in [0.29, 0.717) is 18.2 Å². The van der Waals surface area contributed by atoms with Gasteiger partial charge in [0.15, 0.2) is 0 Å². The molecule has 1 fully saturated rings. The number of carbonyl (C=O) groups excluding carboxylic acids is 1. The zero-order valence-corrected chi connectivity index (χ0v) is 11.8. The van der Waals surface area contributed by atoms with Crippen molar-refractivity contribution in [1.29, 1.82) is 0 Å². The lowest BCUT2D eigenvalue weighted by atomic mass is 10.0. The van der Waals surface area contributed by atoms with E-state index in [4.69, 9.17) is 0 Å². The summed E-state index contributed by atoms with van der Waals surface area (Å²) in [5.74, 6) is -0.447. The third kappa shape index (κ3) is 4.02. The predicted molar refractivity (Wildman–Crippen MR) is 74.6 cm³/mol. The molecule has 0 radical (unpaired) electrons. The molecule has 0 spiro atoms. The molecule has 110 valence electrons. The van der Waals surface area contributed by atoms with Gasteiger partial charge >= 0.3 is 0 Å². The van der Waals surface area contributed by atoms with Gasteiger partial charge in [-0.2, -0.15) is 0 Å². The molecular formula is C15H21FN2O2. The summed E-state index contributed by atoms with van der Waals surface area (Å²) >= 11 is 0. The van der Waals surface area contributed by atoms with Gasteiger partial charge in [-0.3, -0.25) is 9.69 Å². The van der Waals surface area contributed by atoms with Crippen LogP contribution in [0.15, 0.2) is 24.3 Å². The topological polar surface area (TPSA) is 52.6 Å². The van der Waals surface area contributed by atoms with Crippen molar-refractivity contribution in [2.24, 2.45) is 0 Å². The standard InChI is InChI=1S/C15H21FN2O2/c1-10(15(20)11-3-5-12(16)6-4-11)17-14(19)9-18(2)13-7-8-13/h3-6,10,13,15,20H,7-9H2,1-2H3,(H,17,19). The van der Waals surface area contributed by atoms with Crippen LogP contribution >= 0.6 is 0 Å². The van der Waals surface area contributed by atoms with Crippen molar-refractivity contribution in [2.45, 2.75) is 38.0 Å². The van der Waals surface area contributed by atoms with Crippen LogP contribution in [0.25, 0.3) is 0 Å². The van der Waals surface area contributed by atoms with Gasteiger partial charge in [-0.05, 0) is 44.5 Å². The quantitative estimate of drug-likeness (QED) is 0.829. The Kier molecular flexibility index (Phi) is 4.73. The number of aliphatic hydroxyl groups is 1. The normalized spacial score (nSPS) is 17.9. The second kappa shape index (κ2) is 6.33. The molecule has 2 N–H and O–H groups in total. The summed E-state index contributed by atoms with van der Waals surface area (Å²) in [6.45, 7) is 2.08.